The molecular weight excluding hydrogens is 413 g/mol. The first-order valence-corrected chi connectivity index (χ1v) is 10.0. The second-order valence-corrected chi connectivity index (χ2v) is 7.53. The summed E-state index contributed by atoms with van der Waals surface area (Å²) in [6.45, 7) is -0.0646. The first-order valence-electron chi connectivity index (χ1n) is 10.0. The lowest BCUT2D eigenvalue weighted by molar-refractivity contribution is -0.136. The molecule has 1 aliphatic rings. The molecule has 1 aliphatic heterocycles. The van der Waals surface area contributed by atoms with Crippen LogP contribution in [0.2, 0.25) is 0 Å². The van der Waals surface area contributed by atoms with Crippen molar-refractivity contribution in [3.63, 3.8) is 0 Å². The van der Waals surface area contributed by atoms with Gasteiger partial charge in [0.1, 0.15) is 17.3 Å². The number of ketones is 1. The summed E-state index contributed by atoms with van der Waals surface area (Å²) in [7, 11) is 2.92. The summed E-state index contributed by atoms with van der Waals surface area (Å²) in [6.07, 6.45) is -0.487. The molecule has 164 valence electrons. The smallest absolute Gasteiger partial charge is 0.264 e. The Balaban J connectivity index is 1.69. The standard InChI is InChI=1S/C25H22FNO5/c1-31-17-11-12-18(23(13-17)32-2)22(28)14-25(30)19-8-4-6-10-21(19)27(24(25)29)15-16-7-3-5-9-20(16)26/h3-13,30H,14-15H2,1-2H3. The molecule has 0 saturated carbocycles. The monoisotopic (exact) mass is 435 g/mol. The van der Waals surface area contributed by atoms with Crippen LogP contribution in [0.5, 0.6) is 11.5 Å². The van der Waals surface area contributed by atoms with Gasteiger partial charge in [0, 0.05) is 17.2 Å². The molecule has 1 heterocycles. The Kier molecular flexibility index (Phi) is 5.67. The minimum absolute atomic E-state index is 0.0646. The number of para-hydroxylation sites is 1. The predicted octanol–water partition coefficient (Wildman–Crippen LogP) is 3.85. The summed E-state index contributed by atoms with van der Waals surface area (Å²) in [5.74, 6) is -0.812. The molecule has 1 unspecified atom stereocenters. The summed E-state index contributed by atoms with van der Waals surface area (Å²) in [5.41, 5.74) is -0.799. The molecule has 0 bridgehead atoms. The Labute approximate surface area is 184 Å². The molecule has 1 amide bonds. The number of hydrogen-bond donors (Lipinski definition) is 1. The Hall–Kier alpha value is -3.71. The lowest BCUT2D eigenvalue weighted by atomic mass is 9.88. The second kappa shape index (κ2) is 8.43. The first-order chi connectivity index (χ1) is 15.4. The average molecular weight is 435 g/mol. The van der Waals surface area contributed by atoms with Crippen molar-refractivity contribution in [3.05, 3.63) is 89.2 Å². The molecule has 0 saturated heterocycles. The number of methoxy groups -OCH3 is 2. The Morgan fingerprint density at radius 2 is 1.75 bits per heavy atom. The van der Waals surface area contributed by atoms with Gasteiger partial charge in [-0.2, -0.15) is 0 Å². The third-order valence-corrected chi connectivity index (χ3v) is 5.65. The van der Waals surface area contributed by atoms with Crippen molar-refractivity contribution >= 4 is 17.4 Å². The first kappa shape index (κ1) is 21.5. The van der Waals surface area contributed by atoms with E-state index < -0.39 is 29.5 Å². The molecule has 32 heavy (non-hydrogen) atoms. The number of anilines is 1. The van der Waals surface area contributed by atoms with Crippen molar-refractivity contribution in [1.82, 2.24) is 0 Å². The molecule has 7 heteroatoms. The van der Waals surface area contributed by atoms with Gasteiger partial charge in [0.2, 0.25) is 0 Å². The van der Waals surface area contributed by atoms with Gasteiger partial charge in [-0.05, 0) is 24.3 Å². The van der Waals surface area contributed by atoms with Crippen LogP contribution in [0.1, 0.15) is 27.9 Å². The molecule has 1 N–H and O–H groups in total. The number of hydrogen-bond acceptors (Lipinski definition) is 5. The Morgan fingerprint density at radius 3 is 2.47 bits per heavy atom. The zero-order chi connectivity index (χ0) is 22.9. The third kappa shape index (κ3) is 3.61. The molecule has 3 aromatic rings. The van der Waals surface area contributed by atoms with E-state index in [0.717, 1.165) is 0 Å². The van der Waals surface area contributed by atoms with Crippen LogP contribution >= 0.6 is 0 Å². The zero-order valence-corrected chi connectivity index (χ0v) is 17.7. The second-order valence-electron chi connectivity index (χ2n) is 7.53. The number of fused-ring (bicyclic) bond motifs is 1. The van der Waals surface area contributed by atoms with Crippen LogP contribution in [0.3, 0.4) is 0 Å². The van der Waals surface area contributed by atoms with Crippen LogP contribution in [0.4, 0.5) is 10.1 Å². The fourth-order valence-electron chi connectivity index (χ4n) is 3.99. The fraction of sp³-hybridized carbons (Fsp3) is 0.200. The van der Waals surface area contributed by atoms with E-state index in [-0.39, 0.29) is 17.9 Å². The van der Waals surface area contributed by atoms with Crippen molar-refractivity contribution in [3.8, 4) is 11.5 Å². The molecule has 4 rings (SSSR count). The van der Waals surface area contributed by atoms with Gasteiger partial charge in [-0.3, -0.25) is 9.59 Å². The molecule has 0 spiro atoms. The normalized spacial score (nSPS) is 17.2. The van der Waals surface area contributed by atoms with Crippen molar-refractivity contribution in [2.45, 2.75) is 18.6 Å². The maximum atomic E-state index is 14.2. The van der Waals surface area contributed by atoms with Gasteiger partial charge in [-0.25, -0.2) is 4.39 Å². The molecule has 0 aromatic heterocycles. The molecule has 6 nitrogen and oxygen atoms in total. The molecule has 0 fully saturated rings. The van der Waals surface area contributed by atoms with Crippen LogP contribution in [0.15, 0.2) is 66.7 Å². The number of amides is 1. The summed E-state index contributed by atoms with van der Waals surface area (Å²) >= 11 is 0. The lowest BCUT2D eigenvalue weighted by Crippen LogP contribution is -2.41. The van der Waals surface area contributed by atoms with E-state index in [4.69, 9.17) is 9.47 Å². The number of Topliss-reactive ketones (excluding diaryl/α,β-unsaturated/α-hetero) is 1. The lowest BCUT2D eigenvalue weighted by Gasteiger charge is -2.23. The van der Waals surface area contributed by atoms with Gasteiger partial charge in [0.25, 0.3) is 5.91 Å². The highest BCUT2D eigenvalue weighted by Crippen LogP contribution is 2.44. The van der Waals surface area contributed by atoms with Crippen LogP contribution in [-0.2, 0) is 16.9 Å². The largest absolute Gasteiger partial charge is 0.497 e. The van der Waals surface area contributed by atoms with Crippen molar-refractivity contribution in [2.24, 2.45) is 0 Å². The van der Waals surface area contributed by atoms with Gasteiger partial charge in [0.05, 0.1) is 38.4 Å². The van der Waals surface area contributed by atoms with E-state index >= 15 is 0 Å². The fourth-order valence-corrected chi connectivity index (χ4v) is 3.99. The summed E-state index contributed by atoms with van der Waals surface area (Å²) in [5, 5.41) is 11.5. The van der Waals surface area contributed by atoms with Crippen molar-refractivity contribution in [2.75, 3.05) is 19.1 Å². The topological polar surface area (TPSA) is 76.1 Å². The van der Waals surface area contributed by atoms with Crippen molar-refractivity contribution < 1.29 is 28.6 Å². The quantitative estimate of drug-likeness (QED) is 0.571. The molecule has 0 radical (unpaired) electrons. The van der Waals surface area contributed by atoms with E-state index in [1.54, 1.807) is 54.6 Å². The Morgan fingerprint density at radius 1 is 1.03 bits per heavy atom. The minimum atomic E-state index is -2.08. The number of ether oxygens (including phenoxy) is 2. The number of nitrogens with zero attached hydrogens (tertiary/aromatic N) is 1. The number of carbonyl (C=O) groups excluding carboxylic acids is 2. The van der Waals surface area contributed by atoms with Gasteiger partial charge in [-0.15, -0.1) is 0 Å². The van der Waals surface area contributed by atoms with Crippen LogP contribution in [-0.4, -0.2) is 31.0 Å². The van der Waals surface area contributed by atoms with E-state index in [2.05, 4.69) is 0 Å². The summed E-state index contributed by atoms with van der Waals surface area (Å²) in [4.78, 5) is 27.8. The maximum Gasteiger partial charge on any atom is 0.264 e. The highest BCUT2D eigenvalue weighted by molar-refractivity contribution is 6.11. The molecule has 3 aromatic carbocycles. The maximum absolute atomic E-state index is 14.2. The Bertz CT molecular complexity index is 1190. The van der Waals surface area contributed by atoms with Gasteiger partial charge < -0.3 is 19.5 Å². The molecular formula is C25H22FNO5. The number of aliphatic hydroxyl groups is 1. The number of carbonyl (C=O) groups is 2. The van der Waals surface area contributed by atoms with Crippen LogP contribution in [0.25, 0.3) is 0 Å². The average Bonchev–Trinajstić information content (AvgIpc) is 3.01. The van der Waals surface area contributed by atoms with Gasteiger partial charge in [0.15, 0.2) is 11.4 Å². The molecule has 1 atom stereocenters. The van der Waals surface area contributed by atoms with Crippen LogP contribution in [0, 0.1) is 5.82 Å². The zero-order valence-electron chi connectivity index (χ0n) is 17.7. The summed E-state index contributed by atoms with van der Waals surface area (Å²) < 4.78 is 24.7. The van der Waals surface area contributed by atoms with E-state index in [1.807, 2.05) is 0 Å². The third-order valence-electron chi connectivity index (χ3n) is 5.65. The predicted molar refractivity (Wildman–Crippen MR) is 116 cm³/mol. The number of benzene rings is 3. The van der Waals surface area contributed by atoms with E-state index in [1.165, 1.54) is 31.3 Å². The number of halogens is 1. The highest BCUT2D eigenvalue weighted by Gasteiger charge is 2.51. The van der Waals surface area contributed by atoms with Gasteiger partial charge in [-0.1, -0.05) is 36.4 Å². The van der Waals surface area contributed by atoms with E-state index in [0.29, 0.717) is 22.6 Å². The van der Waals surface area contributed by atoms with Gasteiger partial charge >= 0.3 is 0 Å². The minimum Gasteiger partial charge on any atom is -0.497 e. The summed E-state index contributed by atoms with van der Waals surface area (Å²) in [6, 6.07) is 17.5. The van der Waals surface area contributed by atoms with Crippen LogP contribution < -0.4 is 14.4 Å². The van der Waals surface area contributed by atoms with E-state index in [9.17, 15) is 19.1 Å². The highest BCUT2D eigenvalue weighted by atomic mass is 19.1. The van der Waals surface area contributed by atoms with Crippen molar-refractivity contribution in [1.29, 1.82) is 0 Å². The number of rotatable bonds is 7. The SMILES string of the molecule is COc1ccc(C(=O)CC2(O)C(=O)N(Cc3ccccc3F)c3ccccc32)c(OC)c1. The molecule has 0 aliphatic carbocycles.